The van der Waals surface area contributed by atoms with Crippen LogP contribution in [0.25, 0.3) is 0 Å². The Balaban J connectivity index is 2.99. The molecule has 0 saturated heterocycles. The van der Waals surface area contributed by atoms with E-state index >= 15 is 0 Å². The van der Waals surface area contributed by atoms with Crippen molar-refractivity contribution in [2.75, 3.05) is 5.73 Å². The van der Waals surface area contributed by atoms with E-state index in [1.165, 1.54) is 0 Å². The standard InChI is InChI=1S/C10H12BrNO/c1-2-3-10(13)8-6-7(12)4-5-9(8)11/h4-6H,2-3,12H2,1H3. The number of rotatable bonds is 3. The summed E-state index contributed by atoms with van der Waals surface area (Å²) in [7, 11) is 0. The van der Waals surface area contributed by atoms with Crippen LogP contribution in [0.1, 0.15) is 30.1 Å². The van der Waals surface area contributed by atoms with Crippen molar-refractivity contribution < 1.29 is 4.79 Å². The molecule has 0 heterocycles. The molecular formula is C10H12BrNO. The lowest BCUT2D eigenvalue weighted by molar-refractivity contribution is 0.0981. The largest absolute Gasteiger partial charge is 0.399 e. The number of benzene rings is 1. The molecule has 2 nitrogen and oxygen atoms in total. The molecule has 0 spiro atoms. The third kappa shape index (κ3) is 2.56. The topological polar surface area (TPSA) is 43.1 Å². The molecule has 2 N–H and O–H groups in total. The predicted octanol–water partition coefficient (Wildman–Crippen LogP) is 3.01. The number of ketones is 1. The molecule has 0 saturated carbocycles. The van der Waals surface area contributed by atoms with Gasteiger partial charge in [-0.05, 0) is 24.6 Å². The van der Waals surface area contributed by atoms with Crippen molar-refractivity contribution in [2.45, 2.75) is 19.8 Å². The Kier molecular flexibility index (Phi) is 3.48. The second kappa shape index (κ2) is 4.42. The SMILES string of the molecule is CCCC(=O)c1cc(N)ccc1Br. The van der Waals surface area contributed by atoms with Crippen LogP contribution in [0.5, 0.6) is 0 Å². The maximum Gasteiger partial charge on any atom is 0.164 e. The minimum Gasteiger partial charge on any atom is -0.399 e. The average Bonchev–Trinajstić information content (AvgIpc) is 2.09. The average molecular weight is 242 g/mol. The molecule has 0 aromatic heterocycles. The molecule has 0 amide bonds. The first-order chi connectivity index (χ1) is 6.15. The van der Waals surface area contributed by atoms with Crippen molar-refractivity contribution in [1.29, 1.82) is 0 Å². The highest BCUT2D eigenvalue weighted by molar-refractivity contribution is 9.10. The molecule has 70 valence electrons. The number of carbonyl (C=O) groups excluding carboxylic acids is 1. The van der Waals surface area contributed by atoms with Crippen LogP contribution in [-0.4, -0.2) is 5.78 Å². The van der Waals surface area contributed by atoms with Crippen molar-refractivity contribution >= 4 is 27.4 Å². The van der Waals surface area contributed by atoms with Gasteiger partial charge >= 0.3 is 0 Å². The third-order valence-electron chi connectivity index (χ3n) is 1.77. The molecule has 0 radical (unpaired) electrons. The van der Waals surface area contributed by atoms with E-state index in [0.29, 0.717) is 17.7 Å². The van der Waals surface area contributed by atoms with Crippen LogP contribution in [0, 0.1) is 0 Å². The number of nitrogens with two attached hydrogens (primary N) is 1. The summed E-state index contributed by atoms with van der Waals surface area (Å²) < 4.78 is 0.820. The first-order valence-corrected chi connectivity index (χ1v) is 5.02. The van der Waals surface area contributed by atoms with E-state index in [2.05, 4.69) is 15.9 Å². The van der Waals surface area contributed by atoms with Gasteiger partial charge in [0.25, 0.3) is 0 Å². The van der Waals surface area contributed by atoms with E-state index in [-0.39, 0.29) is 5.78 Å². The van der Waals surface area contributed by atoms with Gasteiger partial charge in [-0.2, -0.15) is 0 Å². The Hall–Kier alpha value is -0.830. The van der Waals surface area contributed by atoms with Gasteiger partial charge in [-0.3, -0.25) is 4.79 Å². The molecule has 13 heavy (non-hydrogen) atoms. The van der Waals surface area contributed by atoms with Gasteiger partial charge in [0.05, 0.1) is 0 Å². The molecule has 0 aliphatic rings. The molecule has 3 heteroatoms. The van der Waals surface area contributed by atoms with E-state index in [0.717, 1.165) is 10.9 Å². The maximum absolute atomic E-state index is 11.5. The summed E-state index contributed by atoms with van der Waals surface area (Å²) in [4.78, 5) is 11.5. The van der Waals surface area contributed by atoms with Gasteiger partial charge in [-0.1, -0.05) is 22.9 Å². The van der Waals surface area contributed by atoms with Crippen molar-refractivity contribution in [1.82, 2.24) is 0 Å². The van der Waals surface area contributed by atoms with Gasteiger partial charge in [-0.15, -0.1) is 0 Å². The summed E-state index contributed by atoms with van der Waals surface area (Å²) >= 11 is 3.32. The molecule has 1 rings (SSSR count). The van der Waals surface area contributed by atoms with Crippen molar-refractivity contribution in [3.8, 4) is 0 Å². The lowest BCUT2D eigenvalue weighted by Crippen LogP contribution is -2.00. The lowest BCUT2D eigenvalue weighted by Gasteiger charge is -2.03. The monoisotopic (exact) mass is 241 g/mol. The molecule has 0 unspecified atom stereocenters. The van der Waals surface area contributed by atoms with Crippen molar-refractivity contribution in [2.24, 2.45) is 0 Å². The highest BCUT2D eigenvalue weighted by atomic mass is 79.9. The van der Waals surface area contributed by atoms with Crippen molar-refractivity contribution in [3.63, 3.8) is 0 Å². The first kappa shape index (κ1) is 10.3. The minimum atomic E-state index is 0.140. The maximum atomic E-state index is 11.5. The van der Waals surface area contributed by atoms with Crippen LogP contribution < -0.4 is 5.73 Å². The molecule has 1 aromatic carbocycles. The number of carbonyl (C=O) groups is 1. The zero-order chi connectivity index (χ0) is 9.84. The van der Waals surface area contributed by atoms with Gasteiger partial charge in [0.15, 0.2) is 5.78 Å². The molecule has 1 aromatic rings. The number of nitrogen functional groups attached to an aromatic ring is 1. The molecule has 0 aliphatic carbocycles. The zero-order valence-electron chi connectivity index (χ0n) is 7.51. The predicted molar refractivity (Wildman–Crippen MR) is 57.8 cm³/mol. The number of hydrogen-bond acceptors (Lipinski definition) is 2. The Labute approximate surface area is 86.3 Å². The third-order valence-corrected chi connectivity index (χ3v) is 2.46. The van der Waals surface area contributed by atoms with Gasteiger partial charge in [0, 0.05) is 22.1 Å². The summed E-state index contributed by atoms with van der Waals surface area (Å²) in [5.74, 6) is 0.140. The smallest absolute Gasteiger partial charge is 0.164 e. The fraction of sp³-hybridized carbons (Fsp3) is 0.300. The van der Waals surface area contributed by atoms with E-state index in [1.807, 2.05) is 6.92 Å². The minimum absolute atomic E-state index is 0.140. The van der Waals surface area contributed by atoms with Gasteiger partial charge in [0.2, 0.25) is 0 Å². The Morgan fingerprint density at radius 3 is 2.85 bits per heavy atom. The van der Waals surface area contributed by atoms with Crippen LogP contribution >= 0.6 is 15.9 Å². The highest BCUT2D eigenvalue weighted by Gasteiger charge is 2.08. The van der Waals surface area contributed by atoms with Crippen LogP contribution in [0.4, 0.5) is 5.69 Å². The zero-order valence-corrected chi connectivity index (χ0v) is 9.10. The van der Waals surface area contributed by atoms with Gasteiger partial charge < -0.3 is 5.73 Å². The Morgan fingerprint density at radius 2 is 2.23 bits per heavy atom. The number of halogens is 1. The summed E-state index contributed by atoms with van der Waals surface area (Å²) in [5.41, 5.74) is 6.90. The van der Waals surface area contributed by atoms with Gasteiger partial charge in [0.1, 0.15) is 0 Å². The van der Waals surface area contributed by atoms with E-state index in [1.54, 1.807) is 18.2 Å². The molecule has 0 aliphatic heterocycles. The lowest BCUT2D eigenvalue weighted by atomic mass is 10.1. The fourth-order valence-corrected chi connectivity index (χ4v) is 1.59. The summed E-state index contributed by atoms with van der Waals surface area (Å²) in [6, 6.07) is 5.28. The van der Waals surface area contributed by atoms with Crippen molar-refractivity contribution in [3.05, 3.63) is 28.2 Å². The Bertz CT molecular complexity index is 323. The summed E-state index contributed by atoms with van der Waals surface area (Å²) in [6.07, 6.45) is 1.43. The van der Waals surface area contributed by atoms with Crippen LogP contribution in [-0.2, 0) is 0 Å². The fourth-order valence-electron chi connectivity index (χ4n) is 1.12. The van der Waals surface area contributed by atoms with E-state index < -0.39 is 0 Å². The number of anilines is 1. The highest BCUT2D eigenvalue weighted by Crippen LogP contribution is 2.21. The van der Waals surface area contributed by atoms with E-state index in [9.17, 15) is 4.79 Å². The normalized spacial score (nSPS) is 10.0. The van der Waals surface area contributed by atoms with Crippen LogP contribution in [0.15, 0.2) is 22.7 Å². The van der Waals surface area contributed by atoms with Crippen LogP contribution in [0.3, 0.4) is 0 Å². The summed E-state index contributed by atoms with van der Waals surface area (Å²) in [5, 5.41) is 0. The molecule has 0 atom stereocenters. The molecule has 0 bridgehead atoms. The first-order valence-electron chi connectivity index (χ1n) is 4.23. The second-order valence-electron chi connectivity index (χ2n) is 2.91. The number of Topliss-reactive ketones (excluding diaryl/α,β-unsaturated/α-hetero) is 1. The van der Waals surface area contributed by atoms with Crippen LogP contribution in [0.2, 0.25) is 0 Å². The molecule has 0 fully saturated rings. The quantitative estimate of drug-likeness (QED) is 0.653. The molecular weight excluding hydrogens is 230 g/mol. The summed E-state index contributed by atoms with van der Waals surface area (Å²) in [6.45, 7) is 1.98. The van der Waals surface area contributed by atoms with Gasteiger partial charge in [-0.25, -0.2) is 0 Å². The van der Waals surface area contributed by atoms with E-state index in [4.69, 9.17) is 5.73 Å². The number of hydrogen-bond donors (Lipinski definition) is 1. The second-order valence-corrected chi connectivity index (χ2v) is 3.77. The Morgan fingerprint density at radius 1 is 1.54 bits per heavy atom.